The first-order valence-corrected chi connectivity index (χ1v) is 22.7. The Morgan fingerprint density at radius 1 is 0.673 bits per heavy atom. The number of hydrogen-bond donors (Lipinski definition) is 2. The SMILES string of the molecule is CCCCCCCCCCCCC/C=C/[C@@H](OC(=O)c1ccccc1)[C@H](COP(=O)(O)OCC)NC(=O)CCCCCCCCCCCCCCC. The Labute approximate surface area is 318 Å². The molecule has 0 radical (unpaired) electrons. The Morgan fingerprint density at radius 2 is 1.13 bits per heavy atom. The molecule has 1 unspecified atom stereocenters. The molecule has 0 heterocycles. The van der Waals surface area contributed by atoms with Gasteiger partial charge in [0, 0.05) is 6.42 Å². The van der Waals surface area contributed by atoms with E-state index in [1.807, 2.05) is 12.1 Å². The largest absolute Gasteiger partial charge is 0.472 e. The summed E-state index contributed by atoms with van der Waals surface area (Å²) in [5.41, 5.74) is 0.381. The van der Waals surface area contributed by atoms with Crippen LogP contribution < -0.4 is 5.32 Å². The summed E-state index contributed by atoms with van der Waals surface area (Å²) in [6.45, 7) is 5.74. The molecule has 0 aliphatic heterocycles. The molecule has 0 saturated heterocycles. The monoisotopic (exact) mass is 750 g/mol. The van der Waals surface area contributed by atoms with Crippen LogP contribution in [0.5, 0.6) is 0 Å². The second-order valence-electron chi connectivity index (χ2n) is 14.3. The summed E-state index contributed by atoms with van der Waals surface area (Å²) >= 11 is 0. The number of phosphoric ester groups is 1. The molecule has 1 aromatic carbocycles. The molecule has 9 heteroatoms. The predicted molar refractivity (Wildman–Crippen MR) is 216 cm³/mol. The highest BCUT2D eigenvalue weighted by atomic mass is 31.2. The lowest BCUT2D eigenvalue weighted by atomic mass is 10.0. The molecule has 0 aliphatic carbocycles. The molecule has 0 aromatic heterocycles. The highest BCUT2D eigenvalue weighted by molar-refractivity contribution is 7.47. The lowest BCUT2D eigenvalue weighted by Gasteiger charge is -2.26. The van der Waals surface area contributed by atoms with Crippen LogP contribution in [-0.2, 0) is 23.1 Å². The lowest BCUT2D eigenvalue weighted by molar-refractivity contribution is -0.123. The zero-order valence-electron chi connectivity index (χ0n) is 33.3. The van der Waals surface area contributed by atoms with E-state index in [1.165, 1.54) is 122 Å². The van der Waals surface area contributed by atoms with Crippen molar-refractivity contribution < 1.29 is 32.8 Å². The van der Waals surface area contributed by atoms with Crippen LogP contribution in [0.2, 0.25) is 0 Å². The van der Waals surface area contributed by atoms with Gasteiger partial charge in [0.15, 0.2) is 0 Å². The van der Waals surface area contributed by atoms with Gasteiger partial charge in [0.2, 0.25) is 5.91 Å². The summed E-state index contributed by atoms with van der Waals surface area (Å²) in [6.07, 6.45) is 33.7. The summed E-state index contributed by atoms with van der Waals surface area (Å²) in [7, 11) is -4.35. The molecular formula is C43H76NO7P. The Bertz CT molecular complexity index is 1070. The van der Waals surface area contributed by atoms with E-state index in [9.17, 15) is 19.0 Å². The fraction of sp³-hybridized carbons (Fsp3) is 0.767. The van der Waals surface area contributed by atoms with E-state index in [0.29, 0.717) is 12.0 Å². The van der Waals surface area contributed by atoms with Crippen LogP contribution in [0.3, 0.4) is 0 Å². The molecule has 1 amide bonds. The van der Waals surface area contributed by atoms with Crippen molar-refractivity contribution in [3.05, 3.63) is 48.0 Å². The second kappa shape index (κ2) is 33.6. The molecule has 1 aromatic rings. The maximum atomic E-state index is 13.2. The van der Waals surface area contributed by atoms with Gasteiger partial charge in [-0.2, -0.15) is 0 Å². The Hall–Kier alpha value is -1.99. The van der Waals surface area contributed by atoms with Crippen LogP contribution in [0, 0.1) is 0 Å². The van der Waals surface area contributed by atoms with Crippen molar-refractivity contribution in [2.75, 3.05) is 13.2 Å². The summed E-state index contributed by atoms with van der Waals surface area (Å²) in [5, 5.41) is 2.95. The number of nitrogens with one attached hydrogen (secondary N) is 1. The molecule has 3 atom stereocenters. The highest BCUT2D eigenvalue weighted by Gasteiger charge is 2.30. The third-order valence-corrected chi connectivity index (χ3v) is 10.6. The number of allylic oxidation sites excluding steroid dienone is 1. The predicted octanol–water partition coefficient (Wildman–Crippen LogP) is 12.6. The van der Waals surface area contributed by atoms with Crippen molar-refractivity contribution in [1.82, 2.24) is 5.32 Å². The van der Waals surface area contributed by atoms with Crippen LogP contribution in [0.4, 0.5) is 0 Å². The second-order valence-corrected chi connectivity index (χ2v) is 15.8. The van der Waals surface area contributed by atoms with Crippen molar-refractivity contribution in [2.45, 2.75) is 200 Å². The molecule has 0 spiro atoms. The number of carbonyl (C=O) groups excluding carboxylic acids is 2. The zero-order valence-corrected chi connectivity index (χ0v) is 34.2. The van der Waals surface area contributed by atoms with Gasteiger partial charge in [0.1, 0.15) is 6.10 Å². The average Bonchev–Trinajstić information content (AvgIpc) is 3.13. The summed E-state index contributed by atoms with van der Waals surface area (Å²) in [6, 6.07) is 7.80. The number of carbonyl (C=O) groups is 2. The Kier molecular flexibility index (Phi) is 31.0. The number of phosphoric acid groups is 1. The number of amides is 1. The maximum Gasteiger partial charge on any atom is 0.472 e. The van der Waals surface area contributed by atoms with Gasteiger partial charge in [-0.05, 0) is 44.4 Å². The van der Waals surface area contributed by atoms with Crippen molar-refractivity contribution in [3.8, 4) is 0 Å². The topological polar surface area (TPSA) is 111 Å². The highest BCUT2D eigenvalue weighted by Crippen LogP contribution is 2.43. The van der Waals surface area contributed by atoms with Gasteiger partial charge in [-0.15, -0.1) is 0 Å². The summed E-state index contributed by atoms with van der Waals surface area (Å²) in [5.74, 6) is -0.752. The molecule has 300 valence electrons. The Balaban J connectivity index is 2.69. The third-order valence-electron chi connectivity index (χ3n) is 9.51. The minimum atomic E-state index is -4.35. The minimum Gasteiger partial charge on any atom is -0.452 e. The normalized spacial score (nSPS) is 13.9. The molecule has 8 nitrogen and oxygen atoms in total. The standard InChI is InChI=1S/C43H76NO7P/c1-4-7-9-11-13-15-17-19-21-23-25-27-32-36-41(51-43(46)39-34-30-29-31-35-39)40(38-50-52(47,48)49-6-3)44-42(45)37-33-28-26-24-22-20-18-16-14-12-10-8-5-2/h29-32,34-36,40-41H,4-28,33,37-38H2,1-3H3,(H,44,45)(H,47,48)/b36-32+/t40-,41+/m0/s1. The summed E-state index contributed by atoms with van der Waals surface area (Å²) in [4.78, 5) is 36.5. The zero-order chi connectivity index (χ0) is 38.0. The number of ether oxygens (including phenoxy) is 1. The Morgan fingerprint density at radius 3 is 1.62 bits per heavy atom. The van der Waals surface area contributed by atoms with Crippen LogP contribution in [0.1, 0.15) is 198 Å². The van der Waals surface area contributed by atoms with Crippen molar-refractivity contribution in [2.24, 2.45) is 0 Å². The van der Waals surface area contributed by atoms with Gasteiger partial charge in [0.25, 0.3) is 0 Å². The van der Waals surface area contributed by atoms with E-state index < -0.39 is 25.9 Å². The van der Waals surface area contributed by atoms with Crippen LogP contribution in [-0.4, -0.2) is 42.1 Å². The smallest absolute Gasteiger partial charge is 0.452 e. The molecule has 2 N–H and O–H groups in total. The fourth-order valence-electron chi connectivity index (χ4n) is 6.35. The molecule has 52 heavy (non-hydrogen) atoms. The molecule has 0 aliphatic rings. The lowest BCUT2D eigenvalue weighted by Crippen LogP contribution is -2.47. The van der Waals surface area contributed by atoms with Crippen molar-refractivity contribution in [1.29, 1.82) is 0 Å². The molecule has 0 saturated carbocycles. The van der Waals surface area contributed by atoms with Crippen LogP contribution in [0.25, 0.3) is 0 Å². The van der Waals surface area contributed by atoms with Crippen molar-refractivity contribution >= 4 is 19.7 Å². The third kappa shape index (κ3) is 27.6. The number of rotatable bonds is 36. The van der Waals surface area contributed by atoms with E-state index in [0.717, 1.165) is 38.5 Å². The molecule has 0 bridgehead atoms. The van der Waals surface area contributed by atoms with Crippen LogP contribution >= 0.6 is 7.82 Å². The van der Waals surface area contributed by atoms with E-state index >= 15 is 0 Å². The van der Waals surface area contributed by atoms with Gasteiger partial charge in [-0.1, -0.05) is 179 Å². The van der Waals surface area contributed by atoms with Crippen LogP contribution in [0.15, 0.2) is 42.5 Å². The molecular weight excluding hydrogens is 673 g/mol. The first kappa shape index (κ1) is 48.0. The van der Waals surface area contributed by atoms with E-state index in [-0.39, 0.29) is 19.1 Å². The maximum absolute atomic E-state index is 13.2. The quantitative estimate of drug-likeness (QED) is 0.0304. The number of benzene rings is 1. The first-order chi connectivity index (χ1) is 25.3. The average molecular weight is 750 g/mol. The van der Waals surface area contributed by atoms with E-state index in [4.69, 9.17) is 13.8 Å². The first-order valence-electron chi connectivity index (χ1n) is 21.2. The number of esters is 1. The van der Waals surface area contributed by atoms with Gasteiger partial charge in [-0.3, -0.25) is 13.8 Å². The van der Waals surface area contributed by atoms with Gasteiger partial charge in [0.05, 0.1) is 24.8 Å². The van der Waals surface area contributed by atoms with E-state index in [2.05, 4.69) is 19.2 Å². The van der Waals surface area contributed by atoms with Gasteiger partial charge in [-0.25, -0.2) is 9.36 Å². The molecule has 1 rings (SSSR count). The van der Waals surface area contributed by atoms with Gasteiger partial charge >= 0.3 is 13.8 Å². The minimum absolute atomic E-state index is 0.00483. The van der Waals surface area contributed by atoms with E-state index in [1.54, 1.807) is 37.3 Å². The number of unbranched alkanes of at least 4 members (excludes halogenated alkanes) is 23. The number of hydrogen-bond acceptors (Lipinski definition) is 6. The summed E-state index contributed by atoms with van der Waals surface area (Å²) < 4.78 is 28.6. The van der Waals surface area contributed by atoms with Crippen molar-refractivity contribution in [3.63, 3.8) is 0 Å². The fourth-order valence-corrected chi connectivity index (χ4v) is 7.10. The molecule has 0 fully saturated rings. The van der Waals surface area contributed by atoms with Gasteiger partial charge < -0.3 is 14.9 Å².